The standard InChI is InChI=1S/C9H8BrClO2/c10-8-2-1-6(3-9(8)11)12-4-7-5-13-7/h1-3,7H,4-5H2. The molecule has 1 aromatic rings. The molecule has 1 aromatic carbocycles. The Morgan fingerprint density at radius 1 is 1.62 bits per heavy atom. The summed E-state index contributed by atoms with van der Waals surface area (Å²) in [5, 5.41) is 0.661. The van der Waals surface area contributed by atoms with Gasteiger partial charge in [-0.1, -0.05) is 11.6 Å². The first-order valence-corrected chi connectivity index (χ1v) is 5.12. The largest absolute Gasteiger partial charge is 0.491 e. The molecule has 1 heterocycles. The molecule has 1 aliphatic heterocycles. The smallest absolute Gasteiger partial charge is 0.121 e. The zero-order valence-electron chi connectivity index (χ0n) is 6.80. The van der Waals surface area contributed by atoms with Gasteiger partial charge < -0.3 is 9.47 Å². The first-order chi connectivity index (χ1) is 6.25. The Hall–Kier alpha value is -0.250. The summed E-state index contributed by atoms with van der Waals surface area (Å²) in [7, 11) is 0. The Labute approximate surface area is 89.9 Å². The highest BCUT2D eigenvalue weighted by Crippen LogP contribution is 2.27. The van der Waals surface area contributed by atoms with Crippen LogP contribution in [0.4, 0.5) is 0 Å². The van der Waals surface area contributed by atoms with Crippen molar-refractivity contribution in [1.82, 2.24) is 0 Å². The van der Waals surface area contributed by atoms with Gasteiger partial charge >= 0.3 is 0 Å². The van der Waals surface area contributed by atoms with Gasteiger partial charge in [-0.05, 0) is 34.1 Å². The minimum Gasteiger partial charge on any atom is -0.491 e. The predicted molar refractivity (Wildman–Crippen MR) is 54.4 cm³/mol. The van der Waals surface area contributed by atoms with Crippen LogP contribution in [0.15, 0.2) is 22.7 Å². The lowest BCUT2D eigenvalue weighted by Gasteiger charge is -2.04. The van der Waals surface area contributed by atoms with Crippen molar-refractivity contribution in [1.29, 1.82) is 0 Å². The van der Waals surface area contributed by atoms with Crippen molar-refractivity contribution < 1.29 is 9.47 Å². The summed E-state index contributed by atoms with van der Waals surface area (Å²) in [6.45, 7) is 1.42. The molecule has 0 N–H and O–H groups in total. The van der Waals surface area contributed by atoms with Crippen LogP contribution in [0.5, 0.6) is 5.75 Å². The molecule has 0 spiro atoms. The first-order valence-electron chi connectivity index (χ1n) is 3.95. The average Bonchev–Trinajstić information content (AvgIpc) is 2.91. The molecule has 1 aliphatic rings. The van der Waals surface area contributed by atoms with Gasteiger partial charge in [0.15, 0.2) is 0 Å². The summed E-state index contributed by atoms with van der Waals surface area (Å²) in [5.41, 5.74) is 0. The third-order valence-corrected chi connectivity index (χ3v) is 2.96. The Bertz CT molecular complexity index is 312. The Morgan fingerprint density at radius 3 is 3.00 bits per heavy atom. The van der Waals surface area contributed by atoms with Crippen molar-refractivity contribution in [3.05, 3.63) is 27.7 Å². The highest BCUT2D eigenvalue weighted by Gasteiger charge is 2.23. The van der Waals surface area contributed by atoms with Crippen LogP contribution in [0, 0.1) is 0 Å². The van der Waals surface area contributed by atoms with Crippen LogP contribution in [0.2, 0.25) is 5.02 Å². The summed E-state index contributed by atoms with van der Waals surface area (Å²) in [6, 6.07) is 5.53. The number of ether oxygens (including phenoxy) is 2. The van der Waals surface area contributed by atoms with Crippen molar-refractivity contribution in [2.24, 2.45) is 0 Å². The molecule has 0 bridgehead atoms. The van der Waals surface area contributed by atoms with E-state index in [2.05, 4.69) is 15.9 Å². The van der Waals surface area contributed by atoms with E-state index in [4.69, 9.17) is 21.1 Å². The van der Waals surface area contributed by atoms with E-state index in [0.717, 1.165) is 16.8 Å². The number of halogens is 2. The van der Waals surface area contributed by atoms with Gasteiger partial charge in [0, 0.05) is 4.47 Å². The Kier molecular flexibility index (Phi) is 2.77. The fourth-order valence-corrected chi connectivity index (χ4v) is 1.34. The van der Waals surface area contributed by atoms with E-state index in [-0.39, 0.29) is 6.10 Å². The van der Waals surface area contributed by atoms with Crippen LogP contribution in [-0.4, -0.2) is 19.3 Å². The maximum atomic E-state index is 5.89. The minimum atomic E-state index is 0.280. The quantitative estimate of drug-likeness (QED) is 0.782. The molecule has 1 saturated heterocycles. The number of rotatable bonds is 3. The van der Waals surface area contributed by atoms with Crippen molar-refractivity contribution in [3.8, 4) is 5.75 Å². The molecule has 0 radical (unpaired) electrons. The predicted octanol–water partition coefficient (Wildman–Crippen LogP) is 2.88. The highest BCUT2D eigenvalue weighted by atomic mass is 79.9. The lowest BCUT2D eigenvalue weighted by atomic mass is 10.3. The molecule has 0 aliphatic carbocycles. The van der Waals surface area contributed by atoms with E-state index in [1.54, 1.807) is 6.07 Å². The summed E-state index contributed by atoms with van der Waals surface area (Å²) >= 11 is 9.20. The van der Waals surface area contributed by atoms with Crippen LogP contribution in [-0.2, 0) is 4.74 Å². The second-order valence-electron chi connectivity index (χ2n) is 2.84. The van der Waals surface area contributed by atoms with E-state index >= 15 is 0 Å². The fourth-order valence-electron chi connectivity index (χ4n) is 0.920. The summed E-state index contributed by atoms with van der Waals surface area (Å²) < 4.78 is 11.3. The van der Waals surface area contributed by atoms with Gasteiger partial charge in [0.1, 0.15) is 18.5 Å². The molecule has 0 saturated carbocycles. The molecule has 0 aromatic heterocycles. The highest BCUT2D eigenvalue weighted by molar-refractivity contribution is 9.10. The van der Waals surface area contributed by atoms with Crippen molar-refractivity contribution in [2.45, 2.75) is 6.10 Å². The average molecular weight is 264 g/mol. The van der Waals surface area contributed by atoms with Crippen LogP contribution in [0.1, 0.15) is 0 Å². The SMILES string of the molecule is Clc1cc(OCC2CO2)ccc1Br. The van der Waals surface area contributed by atoms with E-state index in [0.29, 0.717) is 11.6 Å². The number of benzene rings is 1. The van der Waals surface area contributed by atoms with Crippen LogP contribution >= 0.6 is 27.5 Å². The van der Waals surface area contributed by atoms with Crippen LogP contribution in [0.3, 0.4) is 0 Å². The number of hydrogen-bond acceptors (Lipinski definition) is 2. The van der Waals surface area contributed by atoms with Gasteiger partial charge in [-0.25, -0.2) is 0 Å². The van der Waals surface area contributed by atoms with Gasteiger partial charge in [-0.3, -0.25) is 0 Å². The van der Waals surface area contributed by atoms with Crippen LogP contribution < -0.4 is 4.74 Å². The molecular formula is C9H8BrClO2. The topological polar surface area (TPSA) is 21.8 Å². The molecule has 2 rings (SSSR count). The maximum Gasteiger partial charge on any atom is 0.121 e. The van der Waals surface area contributed by atoms with E-state index in [1.165, 1.54) is 0 Å². The Morgan fingerprint density at radius 2 is 2.38 bits per heavy atom. The summed E-state index contributed by atoms with van der Waals surface area (Å²) in [4.78, 5) is 0. The van der Waals surface area contributed by atoms with Gasteiger partial charge in [-0.15, -0.1) is 0 Å². The van der Waals surface area contributed by atoms with Gasteiger partial charge in [0.25, 0.3) is 0 Å². The van der Waals surface area contributed by atoms with E-state index in [1.807, 2.05) is 12.1 Å². The van der Waals surface area contributed by atoms with Crippen molar-refractivity contribution >= 4 is 27.5 Å². The van der Waals surface area contributed by atoms with Crippen molar-refractivity contribution in [2.75, 3.05) is 13.2 Å². The number of epoxide rings is 1. The molecule has 0 amide bonds. The Balaban J connectivity index is 1.98. The zero-order chi connectivity index (χ0) is 9.26. The van der Waals surface area contributed by atoms with Gasteiger partial charge in [0.05, 0.1) is 11.6 Å². The van der Waals surface area contributed by atoms with Crippen LogP contribution in [0.25, 0.3) is 0 Å². The third kappa shape index (κ3) is 2.59. The zero-order valence-corrected chi connectivity index (χ0v) is 9.14. The molecule has 1 unspecified atom stereocenters. The monoisotopic (exact) mass is 262 g/mol. The maximum absolute atomic E-state index is 5.89. The van der Waals surface area contributed by atoms with Gasteiger partial charge in [0.2, 0.25) is 0 Å². The lowest BCUT2D eigenvalue weighted by Crippen LogP contribution is -2.03. The first kappa shape index (κ1) is 9.31. The molecule has 1 fully saturated rings. The minimum absolute atomic E-state index is 0.280. The van der Waals surface area contributed by atoms with Crippen molar-refractivity contribution in [3.63, 3.8) is 0 Å². The molecule has 13 heavy (non-hydrogen) atoms. The summed E-state index contributed by atoms with van der Waals surface area (Å²) in [5.74, 6) is 0.781. The normalized spacial score (nSPS) is 20.0. The molecule has 4 heteroatoms. The second kappa shape index (κ2) is 3.86. The van der Waals surface area contributed by atoms with Gasteiger partial charge in [-0.2, -0.15) is 0 Å². The molecule has 2 nitrogen and oxygen atoms in total. The van der Waals surface area contributed by atoms with E-state index < -0.39 is 0 Å². The molecular weight excluding hydrogens is 255 g/mol. The summed E-state index contributed by atoms with van der Waals surface area (Å²) in [6.07, 6.45) is 0.280. The molecule has 1 atom stereocenters. The molecule has 70 valence electrons. The lowest BCUT2D eigenvalue weighted by molar-refractivity contribution is 0.263. The number of hydrogen-bond donors (Lipinski definition) is 0. The second-order valence-corrected chi connectivity index (χ2v) is 4.10. The third-order valence-electron chi connectivity index (χ3n) is 1.73. The fraction of sp³-hybridized carbons (Fsp3) is 0.333. The van der Waals surface area contributed by atoms with E-state index in [9.17, 15) is 0 Å².